The highest BCUT2D eigenvalue weighted by atomic mass is 32.1. The molecule has 3 N–H and O–H groups in total. The van der Waals surface area contributed by atoms with E-state index >= 15 is 0 Å². The summed E-state index contributed by atoms with van der Waals surface area (Å²) in [5.74, 6) is 2.32. The first-order valence-electron chi connectivity index (χ1n) is 8.49. The Morgan fingerprint density at radius 2 is 2.08 bits per heavy atom. The number of nitrogens with one attached hydrogen (secondary N) is 3. The van der Waals surface area contributed by atoms with Crippen molar-refractivity contribution < 1.29 is 4.74 Å². The lowest BCUT2D eigenvalue weighted by atomic mass is 9.78. The van der Waals surface area contributed by atoms with E-state index in [0.717, 1.165) is 37.5 Å². The van der Waals surface area contributed by atoms with Crippen LogP contribution in [0.2, 0.25) is 0 Å². The largest absolute Gasteiger partial charge is 0.497 e. The minimum atomic E-state index is 0.192. The Bertz CT molecular complexity index is 710. The van der Waals surface area contributed by atoms with Gasteiger partial charge in [0, 0.05) is 23.7 Å². The molecule has 0 amide bonds. The zero-order valence-corrected chi connectivity index (χ0v) is 14.6. The molecule has 0 unspecified atom stereocenters. The zero-order chi connectivity index (χ0) is 16.5. The quantitative estimate of drug-likeness (QED) is 0.736. The van der Waals surface area contributed by atoms with Gasteiger partial charge in [0.05, 0.1) is 19.7 Å². The molecule has 5 nitrogen and oxygen atoms in total. The van der Waals surface area contributed by atoms with Crippen molar-refractivity contribution in [3.05, 3.63) is 41.1 Å². The first-order valence-corrected chi connectivity index (χ1v) is 8.90. The van der Waals surface area contributed by atoms with Crippen molar-refractivity contribution in [1.29, 1.82) is 0 Å². The van der Waals surface area contributed by atoms with Gasteiger partial charge in [-0.25, -0.2) is 0 Å². The predicted octanol–water partition coefficient (Wildman–Crippen LogP) is 2.27. The lowest BCUT2D eigenvalue weighted by Crippen LogP contribution is -2.50. The molecule has 1 aliphatic carbocycles. The Kier molecular flexibility index (Phi) is 4.14. The number of nitrogens with zero attached hydrogens (tertiary/aromatic N) is 1. The maximum Gasteiger partial charge on any atom is 0.171 e. The molecule has 3 aliphatic rings. The summed E-state index contributed by atoms with van der Waals surface area (Å²) in [7, 11) is 1.69. The summed E-state index contributed by atoms with van der Waals surface area (Å²) in [6, 6.07) is 8.47. The van der Waals surface area contributed by atoms with Gasteiger partial charge in [-0.3, -0.25) is 4.99 Å². The molecular formula is C18H22N4OS. The average Bonchev–Trinajstić information content (AvgIpc) is 3.15. The van der Waals surface area contributed by atoms with Gasteiger partial charge in [0.25, 0.3) is 0 Å². The molecule has 126 valence electrons. The minimum absolute atomic E-state index is 0.192. The smallest absolute Gasteiger partial charge is 0.171 e. The van der Waals surface area contributed by atoms with Crippen molar-refractivity contribution in [2.75, 3.05) is 20.2 Å². The molecule has 1 saturated heterocycles. The van der Waals surface area contributed by atoms with Crippen LogP contribution in [0.15, 0.2) is 40.5 Å². The van der Waals surface area contributed by atoms with Crippen LogP contribution in [0, 0.1) is 5.92 Å². The molecule has 0 spiro atoms. The molecule has 2 heterocycles. The molecule has 2 aliphatic heterocycles. The Balaban J connectivity index is 1.70. The van der Waals surface area contributed by atoms with Gasteiger partial charge in [0.15, 0.2) is 5.11 Å². The van der Waals surface area contributed by atoms with Crippen LogP contribution in [0.4, 0.5) is 0 Å². The fraction of sp³-hybridized carbons (Fsp3) is 0.444. The van der Waals surface area contributed by atoms with E-state index in [1.165, 1.54) is 23.3 Å². The summed E-state index contributed by atoms with van der Waals surface area (Å²) in [5.41, 5.74) is 3.80. The highest BCUT2D eigenvalue weighted by molar-refractivity contribution is 7.80. The lowest BCUT2D eigenvalue weighted by molar-refractivity contribution is 0.367. The molecule has 1 fully saturated rings. The van der Waals surface area contributed by atoms with Crippen molar-refractivity contribution in [2.24, 2.45) is 10.9 Å². The zero-order valence-electron chi connectivity index (χ0n) is 13.8. The van der Waals surface area contributed by atoms with Crippen molar-refractivity contribution >= 4 is 23.2 Å². The van der Waals surface area contributed by atoms with Crippen molar-refractivity contribution in [1.82, 2.24) is 16.0 Å². The van der Waals surface area contributed by atoms with E-state index < -0.39 is 0 Å². The third-order valence-corrected chi connectivity index (χ3v) is 5.23. The molecule has 24 heavy (non-hydrogen) atoms. The Labute approximate surface area is 147 Å². The van der Waals surface area contributed by atoms with Crippen LogP contribution in [0.3, 0.4) is 0 Å². The van der Waals surface area contributed by atoms with E-state index in [1.54, 1.807) is 7.11 Å². The highest BCUT2D eigenvalue weighted by Crippen LogP contribution is 2.40. The molecule has 1 aromatic carbocycles. The second kappa shape index (κ2) is 6.43. The van der Waals surface area contributed by atoms with E-state index in [4.69, 9.17) is 17.0 Å². The number of ether oxygens (including phenoxy) is 1. The van der Waals surface area contributed by atoms with Crippen LogP contribution in [-0.4, -0.2) is 31.1 Å². The summed E-state index contributed by atoms with van der Waals surface area (Å²) < 4.78 is 5.28. The second-order valence-corrected chi connectivity index (χ2v) is 6.81. The van der Waals surface area contributed by atoms with E-state index in [1.807, 2.05) is 12.1 Å². The van der Waals surface area contributed by atoms with Crippen molar-refractivity contribution in [2.45, 2.75) is 25.3 Å². The molecule has 2 atom stereocenters. The molecule has 0 saturated carbocycles. The molecule has 0 bridgehead atoms. The summed E-state index contributed by atoms with van der Waals surface area (Å²) in [6.07, 6.45) is 3.38. The normalized spacial score (nSPS) is 26.0. The van der Waals surface area contributed by atoms with Crippen LogP contribution in [0.1, 0.15) is 30.9 Å². The number of aliphatic imine (C=N–C) groups is 1. The summed E-state index contributed by atoms with van der Waals surface area (Å²) >= 11 is 5.49. The Hall–Kier alpha value is -2.08. The Morgan fingerprint density at radius 1 is 1.25 bits per heavy atom. The van der Waals surface area contributed by atoms with Gasteiger partial charge in [-0.15, -0.1) is 0 Å². The van der Waals surface area contributed by atoms with E-state index in [2.05, 4.69) is 33.1 Å². The number of methoxy groups -OCH3 is 1. The molecule has 4 rings (SSSR count). The van der Waals surface area contributed by atoms with Crippen molar-refractivity contribution in [3.63, 3.8) is 0 Å². The van der Waals surface area contributed by atoms with Gasteiger partial charge in [0.2, 0.25) is 0 Å². The summed E-state index contributed by atoms with van der Waals surface area (Å²) in [5, 5.41) is 11.0. The van der Waals surface area contributed by atoms with Gasteiger partial charge in [-0.05, 0) is 49.2 Å². The van der Waals surface area contributed by atoms with Gasteiger partial charge < -0.3 is 20.7 Å². The van der Waals surface area contributed by atoms with E-state index in [-0.39, 0.29) is 6.04 Å². The van der Waals surface area contributed by atoms with Gasteiger partial charge in [-0.2, -0.15) is 0 Å². The first-order chi connectivity index (χ1) is 11.8. The fourth-order valence-electron chi connectivity index (χ4n) is 3.88. The third kappa shape index (κ3) is 2.75. The first kappa shape index (κ1) is 15.4. The summed E-state index contributed by atoms with van der Waals surface area (Å²) in [6.45, 7) is 1.79. The number of hydrogen-bond donors (Lipinski definition) is 3. The number of amidine groups is 1. The maximum absolute atomic E-state index is 5.49. The standard InChI is InChI=1S/C18H22N4OS/c1-23-12-7-5-11(6-8-12)15-13-3-2-4-14(17-19-9-10-20-17)16(13)22-18(24)21-15/h5-8,13,15H,2-4,9-10H2,1H3,(H,19,20)(H2,21,22,24)/t13-,15+/m1/s1. The monoisotopic (exact) mass is 342 g/mol. The fourth-order valence-corrected chi connectivity index (χ4v) is 4.11. The second-order valence-electron chi connectivity index (χ2n) is 6.40. The molecular weight excluding hydrogens is 320 g/mol. The van der Waals surface area contributed by atoms with Crippen LogP contribution < -0.4 is 20.7 Å². The number of fused-ring (bicyclic) bond motifs is 1. The summed E-state index contributed by atoms with van der Waals surface area (Å²) in [4.78, 5) is 4.62. The van der Waals surface area contributed by atoms with Gasteiger partial charge in [-0.1, -0.05) is 12.1 Å². The van der Waals surface area contributed by atoms with Gasteiger partial charge >= 0.3 is 0 Å². The van der Waals surface area contributed by atoms with Crippen LogP contribution in [0.25, 0.3) is 0 Å². The molecule has 0 radical (unpaired) electrons. The van der Waals surface area contributed by atoms with Gasteiger partial charge in [0.1, 0.15) is 11.6 Å². The molecule has 6 heteroatoms. The topological polar surface area (TPSA) is 57.7 Å². The van der Waals surface area contributed by atoms with E-state index in [9.17, 15) is 0 Å². The third-order valence-electron chi connectivity index (χ3n) is 5.01. The number of hydrogen-bond acceptors (Lipinski definition) is 4. The Morgan fingerprint density at radius 3 is 2.79 bits per heavy atom. The van der Waals surface area contributed by atoms with E-state index in [0.29, 0.717) is 11.0 Å². The van der Waals surface area contributed by atoms with Crippen LogP contribution in [-0.2, 0) is 0 Å². The molecule has 0 aromatic heterocycles. The van der Waals surface area contributed by atoms with Crippen LogP contribution in [0.5, 0.6) is 5.75 Å². The maximum atomic E-state index is 5.49. The predicted molar refractivity (Wildman–Crippen MR) is 99.3 cm³/mol. The minimum Gasteiger partial charge on any atom is -0.497 e. The average molecular weight is 342 g/mol. The number of benzene rings is 1. The highest BCUT2D eigenvalue weighted by Gasteiger charge is 2.37. The SMILES string of the molecule is COc1ccc([C@@H]2NC(=S)NC3=C(C4=NCCN4)CCC[C@@H]32)cc1. The number of rotatable bonds is 3. The van der Waals surface area contributed by atoms with Crippen LogP contribution >= 0.6 is 12.2 Å². The molecule has 1 aromatic rings. The number of thiocarbonyl (C=S) groups is 1. The van der Waals surface area contributed by atoms with Crippen molar-refractivity contribution in [3.8, 4) is 5.75 Å². The lowest BCUT2D eigenvalue weighted by Gasteiger charge is -2.40.